The fourth-order valence-corrected chi connectivity index (χ4v) is 3.85. The third-order valence-corrected chi connectivity index (χ3v) is 5.65. The average molecular weight is 476 g/mol. The summed E-state index contributed by atoms with van der Waals surface area (Å²) in [6, 6.07) is 9.80. The van der Waals surface area contributed by atoms with Crippen LogP contribution in [-0.2, 0) is 4.74 Å². The number of aromatic amines is 1. The number of aromatic nitrogens is 3. The molecule has 1 aromatic carbocycles. The van der Waals surface area contributed by atoms with Crippen molar-refractivity contribution in [3.8, 4) is 11.4 Å². The van der Waals surface area contributed by atoms with Gasteiger partial charge in [0.2, 0.25) is 0 Å². The second-order valence-electron chi connectivity index (χ2n) is 8.60. The van der Waals surface area contributed by atoms with Crippen LogP contribution in [0.4, 0.5) is 5.69 Å². The highest BCUT2D eigenvalue weighted by atomic mass is 16.5. The second kappa shape index (κ2) is 11.5. The third-order valence-electron chi connectivity index (χ3n) is 5.65. The van der Waals surface area contributed by atoms with Crippen LogP contribution in [0, 0.1) is 0 Å². The average Bonchev–Trinajstić information content (AvgIpc) is 3.30. The molecule has 0 saturated carbocycles. The summed E-state index contributed by atoms with van der Waals surface area (Å²) in [5.41, 5.74) is 4.26. The van der Waals surface area contributed by atoms with Gasteiger partial charge in [0.05, 0.1) is 29.9 Å². The van der Waals surface area contributed by atoms with Gasteiger partial charge in [-0.2, -0.15) is 0 Å². The number of nitrogens with one attached hydrogen (secondary N) is 4. The zero-order valence-corrected chi connectivity index (χ0v) is 20.5. The number of hydrogen-bond donors (Lipinski definition) is 4. The number of hydrogen-bond acceptors (Lipinski definition) is 7. The zero-order chi connectivity index (χ0) is 24.6. The molecule has 4 rings (SSSR count). The smallest absolute Gasteiger partial charge is 0.257 e. The van der Waals surface area contributed by atoms with Crippen LogP contribution >= 0.6 is 0 Å². The molecular formula is C26H33N7O2. The number of ether oxygens (including phenoxy) is 1. The maximum absolute atomic E-state index is 13.1. The van der Waals surface area contributed by atoms with E-state index in [1.807, 2.05) is 31.2 Å². The summed E-state index contributed by atoms with van der Waals surface area (Å²) in [5.74, 6) is 1.08. The maximum Gasteiger partial charge on any atom is 0.257 e. The Morgan fingerprint density at radius 3 is 2.77 bits per heavy atom. The van der Waals surface area contributed by atoms with Gasteiger partial charge in [-0.15, -0.1) is 0 Å². The minimum atomic E-state index is -0.245. The number of pyridine rings is 1. The lowest BCUT2D eigenvalue weighted by Crippen LogP contribution is -2.31. The summed E-state index contributed by atoms with van der Waals surface area (Å²) in [4.78, 5) is 27.6. The first-order valence-electron chi connectivity index (χ1n) is 12.0. The van der Waals surface area contributed by atoms with E-state index in [4.69, 9.17) is 4.74 Å². The summed E-state index contributed by atoms with van der Waals surface area (Å²) in [5, 5.41) is 9.53. The quantitative estimate of drug-likeness (QED) is 0.315. The van der Waals surface area contributed by atoms with E-state index in [0.717, 1.165) is 37.2 Å². The lowest BCUT2D eigenvalue weighted by Gasteiger charge is -2.18. The molecule has 2 aromatic heterocycles. The maximum atomic E-state index is 13.1. The molecule has 35 heavy (non-hydrogen) atoms. The van der Waals surface area contributed by atoms with Crippen LogP contribution in [0.25, 0.3) is 22.6 Å². The number of nitrogens with zero attached hydrogens (tertiary/aromatic N) is 3. The van der Waals surface area contributed by atoms with Crippen LogP contribution in [0.2, 0.25) is 0 Å². The van der Waals surface area contributed by atoms with E-state index in [0.29, 0.717) is 47.2 Å². The monoisotopic (exact) mass is 475 g/mol. The molecular weight excluding hydrogens is 442 g/mol. The molecule has 9 nitrogen and oxygen atoms in total. The number of fused-ring (bicyclic) bond motifs is 1. The van der Waals surface area contributed by atoms with Crippen molar-refractivity contribution in [2.24, 2.45) is 0 Å². The number of H-pyrrole nitrogens is 1. The van der Waals surface area contributed by atoms with E-state index in [1.54, 1.807) is 24.5 Å². The number of benzene rings is 1. The van der Waals surface area contributed by atoms with Gasteiger partial charge in [-0.1, -0.05) is 0 Å². The molecule has 1 aliphatic rings. The molecule has 9 heteroatoms. The van der Waals surface area contributed by atoms with E-state index in [9.17, 15) is 4.79 Å². The van der Waals surface area contributed by atoms with Gasteiger partial charge >= 0.3 is 0 Å². The molecule has 0 saturated heterocycles. The first-order valence-corrected chi connectivity index (χ1v) is 12.0. The van der Waals surface area contributed by atoms with Crippen molar-refractivity contribution in [1.82, 2.24) is 30.5 Å². The number of carbonyl (C=O) groups excluding carboxylic acids is 1. The number of allylic oxidation sites excluding steroid dienone is 1. The Morgan fingerprint density at radius 1 is 1.17 bits per heavy atom. The molecule has 0 atom stereocenters. The fourth-order valence-electron chi connectivity index (χ4n) is 3.85. The molecule has 0 radical (unpaired) electrons. The summed E-state index contributed by atoms with van der Waals surface area (Å²) >= 11 is 0. The Labute approximate surface area is 205 Å². The standard InChI is InChI=1S/C26H33N7O2/c1-4-35-22-12-14-27-17-21(22)30-26(34)20-11-15-29-25-23(20)31-24(32-25)18-7-9-19(10-8-18)28-13-5-6-16-33(2)3/h7-12,14-15,27-28H,4-6,13,16-17H2,1-3H3,(H,30,34)(H,29,31,32). The summed E-state index contributed by atoms with van der Waals surface area (Å²) in [6.45, 7) is 4.95. The molecule has 0 spiro atoms. The minimum absolute atomic E-state index is 0.245. The van der Waals surface area contributed by atoms with Gasteiger partial charge in [-0.3, -0.25) is 4.79 Å². The molecule has 3 aromatic rings. The number of unbranched alkanes of at least 4 members (excludes halogenated alkanes) is 1. The van der Waals surface area contributed by atoms with Crippen LogP contribution in [-0.4, -0.2) is 66.1 Å². The van der Waals surface area contributed by atoms with Crippen molar-refractivity contribution in [3.63, 3.8) is 0 Å². The normalized spacial score (nSPS) is 13.3. The van der Waals surface area contributed by atoms with E-state index < -0.39 is 0 Å². The van der Waals surface area contributed by atoms with Gasteiger partial charge in [0.1, 0.15) is 11.6 Å². The lowest BCUT2D eigenvalue weighted by atomic mass is 10.2. The van der Waals surface area contributed by atoms with E-state index in [1.165, 1.54) is 0 Å². The van der Waals surface area contributed by atoms with Crippen LogP contribution in [0.15, 0.2) is 60.3 Å². The molecule has 4 N–H and O–H groups in total. The van der Waals surface area contributed by atoms with Crippen molar-refractivity contribution in [2.45, 2.75) is 19.8 Å². The minimum Gasteiger partial charge on any atom is -0.492 e. The molecule has 0 aliphatic carbocycles. The highest BCUT2D eigenvalue weighted by molar-refractivity contribution is 6.05. The number of anilines is 1. The molecule has 1 amide bonds. The van der Waals surface area contributed by atoms with Gasteiger partial charge in [-0.25, -0.2) is 9.97 Å². The van der Waals surface area contributed by atoms with Crippen molar-refractivity contribution in [2.75, 3.05) is 45.7 Å². The fraction of sp³-hybridized carbons (Fsp3) is 0.346. The third kappa shape index (κ3) is 6.19. The molecule has 0 fully saturated rings. The Hall–Kier alpha value is -3.85. The first-order chi connectivity index (χ1) is 17.0. The highest BCUT2D eigenvalue weighted by Crippen LogP contribution is 2.23. The summed E-state index contributed by atoms with van der Waals surface area (Å²) in [6.07, 6.45) is 7.49. The Morgan fingerprint density at radius 2 is 2.00 bits per heavy atom. The number of carbonyl (C=O) groups is 1. The second-order valence-corrected chi connectivity index (χ2v) is 8.60. The Bertz CT molecular complexity index is 1210. The molecule has 1 aliphatic heterocycles. The number of rotatable bonds is 11. The number of amides is 1. The van der Waals surface area contributed by atoms with Crippen molar-refractivity contribution in [1.29, 1.82) is 0 Å². The largest absolute Gasteiger partial charge is 0.492 e. The Balaban J connectivity index is 1.47. The van der Waals surface area contributed by atoms with Crippen molar-refractivity contribution >= 4 is 22.8 Å². The molecule has 184 valence electrons. The lowest BCUT2D eigenvalue weighted by molar-refractivity contribution is 0.0962. The van der Waals surface area contributed by atoms with Crippen molar-refractivity contribution < 1.29 is 9.53 Å². The van der Waals surface area contributed by atoms with Crippen LogP contribution in [0.5, 0.6) is 0 Å². The summed E-state index contributed by atoms with van der Waals surface area (Å²) < 4.78 is 5.64. The van der Waals surface area contributed by atoms with E-state index >= 15 is 0 Å². The first kappa shape index (κ1) is 24.3. The predicted octanol–water partition coefficient (Wildman–Crippen LogP) is 3.47. The van der Waals surface area contributed by atoms with E-state index in [-0.39, 0.29) is 5.91 Å². The van der Waals surface area contributed by atoms with Gasteiger partial charge in [0.15, 0.2) is 5.65 Å². The topological polar surface area (TPSA) is 107 Å². The van der Waals surface area contributed by atoms with Crippen molar-refractivity contribution in [3.05, 3.63) is 65.8 Å². The molecule has 3 heterocycles. The van der Waals surface area contributed by atoms with Crippen LogP contribution in [0.3, 0.4) is 0 Å². The van der Waals surface area contributed by atoms with Gasteiger partial charge in [-0.05, 0) is 76.8 Å². The molecule has 0 unspecified atom stereocenters. The summed E-state index contributed by atoms with van der Waals surface area (Å²) in [7, 11) is 4.19. The van der Waals surface area contributed by atoms with Gasteiger partial charge in [0.25, 0.3) is 5.91 Å². The SMILES string of the molecule is CCOC1=C(NC(=O)c2ccnc3nc(-c4ccc(NCCCCN(C)C)cc4)[nH]c23)CNC=C1. The Kier molecular flexibility index (Phi) is 7.99. The zero-order valence-electron chi connectivity index (χ0n) is 20.5. The van der Waals surface area contributed by atoms with Crippen LogP contribution in [0.1, 0.15) is 30.1 Å². The van der Waals surface area contributed by atoms with Gasteiger partial charge in [0, 0.05) is 30.2 Å². The molecule has 0 bridgehead atoms. The number of imidazole rings is 1. The number of dihydropyridines is 1. The van der Waals surface area contributed by atoms with E-state index in [2.05, 4.69) is 49.9 Å². The van der Waals surface area contributed by atoms with Gasteiger partial charge < -0.3 is 30.6 Å². The van der Waals surface area contributed by atoms with Crippen LogP contribution < -0.4 is 16.0 Å². The highest BCUT2D eigenvalue weighted by Gasteiger charge is 2.18. The predicted molar refractivity (Wildman–Crippen MR) is 139 cm³/mol.